The molecule has 0 heterocycles. The fraction of sp³-hybridized carbons (Fsp3) is 0.143. The van der Waals surface area contributed by atoms with Gasteiger partial charge in [-0.05, 0) is 0 Å². The van der Waals surface area contributed by atoms with Gasteiger partial charge >= 0.3 is 11.9 Å². The van der Waals surface area contributed by atoms with Gasteiger partial charge in [-0.25, -0.2) is 4.79 Å². The molecule has 6 nitrogen and oxygen atoms in total. The average Bonchev–Trinajstić information content (AvgIpc) is 2.73. The number of methoxy groups -OCH3 is 2. The van der Waals surface area contributed by atoms with E-state index in [1.165, 1.54) is 24.3 Å². The Hall–Kier alpha value is -3.54. The minimum atomic E-state index is -0.941. The molecule has 138 valence electrons. The van der Waals surface area contributed by atoms with E-state index in [9.17, 15) is 19.2 Å². The molecule has 0 amide bonds. The van der Waals surface area contributed by atoms with E-state index in [1.54, 1.807) is 36.4 Å². The Morgan fingerprint density at radius 2 is 1.15 bits per heavy atom. The van der Waals surface area contributed by atoms with Crippen molar-refractivity contribution >= 4 is 23.5 Å². The number of carbonyl (C=O) groups is 4. The van der Waals surface area contributed by atoms with Gasteiger partial charge in [-0.3, -0.25) is 14.4 Å². The first-order valence-corrected chi connectivity index (χ1v) is 8.07. The summed E-state index contributed by atoms with van der Waals surface area (Å²) >= 11 is 0. The predicted molar refractivity (Wildman–Crippen MR) is 97.2 cm³/mol. The molecule has 2 aromatic carbocycles. The molecule has 2 rings (SSSR count). The molecule has 0 saturated carbocycles. The van der Waals surface area contributed by atoms with Gasteiger partial charge in [-0.2, -0.15) is 0 Å². The lowest BCUT2D eigenvalue weighted by atomic mass is 9.90. The van der Waals surface area contributed by atoms with Crippen molar-refractivity contribution in [2.45, 2.75) is 6.42 Å². The van der Waals surface area contributed by atoms with Crippen molar-refractivity contribution in [3.8, 4) is 0 Å². The predicted octanol–water partition coefficient (Wildman–Crippen LogP) is 2.78. The van der Waals surface area contributed by atoms with Gasteiger partial charge in [-0.15, -0.1) is 0 Å². The van der Waals surface area contributed by atoms with E-state index in [-0.39, 0.29) is 16.7 Å². The molecular formula is C21H18O6. The van der Waals surface area contributed by atoms with Crippen LogP contribution in [0.2, 0.25) is 0 Å². The highest BCUT2D eigenvalue weighted by Crippen LogP contribution is 2.22. The molecule has 0 radical (unpaired) electrons. The average molecular weight is 366 g/mol. The van der Waals surface area contributed by atoms with E-state index >= 15 is 0 Å². The first kappa shape index (κ1) is 19.8. The summed E-state index contributed by atoms with van der Waals surface area (Å²) in [5, 5.41) is 0. The molecule has 0 N–H and O–H groups in total. The van der Waals surface area contributed by atoms with Crippen LogP contribution in [0.3, 0.4) is 0 Å². The van der Waals surface area contributed by atoms with E-state index in [2.05, 4.69) is 4.74 Å². The topological polar surface area (TPSA) is 86.7 Å². The third-order valence-electron chi connectivity index (χ3n) is 3.81. The van der Waals surface area contributed by atoms with Crippen LogP contribution in [0.15, 0.2) is 71.8 Å². The van der Waals surface area contributed by atoms with Crippen LogP contribution in [0.5, 0.6) is 0 Å². The Kier molecular flexibility index (Phi) is 6.77. The summed E-state index contributed by atoms with van der Waals surface area (Å²) in [7, 11) is 2.26. The van der Waals surface area contributed by atoms with E-state index < -0.39 is 35.5 Å². The molecule has 0 saturated heterocycles. The number of hydrogen-bond acceptors (Lipinski definition) is 6. The van der Waals surface area contributed by atoms with Crippen LogP contribution in [0.1, 0.15) is 27.1 Å². The molecule has 0 unspecified atom stereocenters. The normalized spacial score (nSPS) is 9.85. The van der Waals surface area contributed by atoms with Gasteiger partial charge in [0.2, 0.25) is 0 Å². The highest BCUT2D eigenvalue weighted by Gasteiger charge is 2.30. The monoisotopic (exact) mass is 366 g/mol. The second-order valence-electron chi connectivity index (χ2n) is 5.49. The van der Waals surface area contributed by atoms with Gasteiger partial charge in [0.25, 0.3) is 0 Å². The molecule has 0 bridgehead atoms. The Morgan fingerprint density at radius 3 is 1.52 bits per heavy atom. The second-order valence-corrected chi connectivity index (χ2v) is 5.49. The van der Waals surface area contributed by atoms with Gasteiger partial charge in [0.05, 0.1) is 31.8 Å². The fourth-order valence-electron chi connectivity index (χ4n) is 2.45. The summed E-state index contributed by atoms with van der Waals surface area (Å²) in [6.45, 7) is 0. The van der Waals surface area contributed by atoms with Crippen LogP contribution < -0.4 is 0 Å². The number of ketones is 2. The van der Waals surface area contributed by atoms with Crippen molar-refractivity contribution in [3.05, 3.63) is 82.9 Å². The molecular weight excluding hydrogens is 348 g/mol. The third kappa shape index (κ3) is 4.76. The van der Waals surface area contributed by atoms with E-state index in [4.69, 9.17) is 4.74 Å². The smallest absolute Gasteiger partial charge is 0.335 e. The molecule has 0 spiro atoms. The minimum absolute atomic E-state index is 0.211. The molecule has 0 fully saturated rings. The van der Waals surface area contributed by atoms with Gasteiger partial charge in [-0.1, -0.05) is 60.7 Å². The molecule has 2 aromatic rings. The molecule has 0 aliphatic heterocycles. The van der Waals surface area contributed by atoms with Crippen molar-refractivity contribution in [2.75, 3.05) is 14.2 Å². The first-order chi connectivity index (χ1) is 13.0. The molecule has 0 aromatic heterocycles. The minimum Gasteiger partial charge on any atom is -0.469 e. The maximum absolute atomic E-state index is 13.1. The highest BCUT2D eigenvalue weighted by molar-refractivity contribution is 6.33. The Balaban J connectivity index is 2.69. The number of rotatable bonds is 7. The number of hydrogen-bond donors (Lipinski definition) is 0. The zero-order chi connectivity index (χ0) is 19.8. The maximum atomic E-state index is 13.1. The molecule has 27 heavy (non-hydrogen) atoms. The van der Waals surface area contributed by atoms with Gasteiger partial charge in [0.15, 0.2) is 11.6 Å². The van der Waals surface area contributed by atoms with Gasteiger partial charge < -0.3 is 9.47 Å². The zero-order valence-corrected chi connectivity index (χ0v) is 14.9. The Bertz CT molecular complexity index is 828. The number of ether oxygens (including phenoxy) is 2. The third-order valence-corrected chi connectivity index (χ3v) is 3.81. The van der Waals surface area contributed by atoms with Crippen LogP contribution in [0.4, 0.5) is 0 Å². The van der Waals surface area contributed by atoms with Crippen molar-refractivity contribution in [3.63, 3.8) is 0 Å². The largest absolute Gasteiger partial charge is 0.469 e. The van der Waals surface area contributed by atoms with Crippen LogP contribution in [-0.4, -0.2) is 37.7 Å². The van der Waals surface area contributed by atoms with Crippen LogP contribution >= 0.6 is 0 Å². The van der Waals surface area contributed by atoms with Crippen LogP contribution in [0, 0.1) is 0 Å². The van der Waals surface area contributed by atoms with Crippen LogP contribution in [0.25, 0.3) is 0 Å². The lowest BCUT2D eigenvalue weighted by Gasteiger charge is -2.12. The van der Waals surface area contributed by atoms with Crippen molar-refractivity contribution in [1.29, 1.82) is 0 Å². The highest BCUT2D eigenvalue weighted by atomic mass is 16.5. The molecule has 6 heteroatoms. The Labute approximate surface area is 156 Å². The Morgan fingerprint density at radius 1 is 0.704 bits per heavy atom. The quantitative estimate of drug-likeness (QED) is 0.246. The fourth-order valence-corrected chi connectivity index (χ4v) is 2.45. The van der Waals surface area contributed by atoms with Gasteiger partial charge in [0.1, 0.15) is 0 Å². The number of esters is 2. The van der Waals surface area contributed by atoms with Crippen molar-refractivity contribution in [2.24, 2.45) is 0 Å². The summed E-state index contributed by atoms with van der Waals surface area (Å²) < 4.78 is 9.29. The number of allylic oxidation sites excluding steroid dienone is 1. The maximum Gasteiger partial charge on any atom is 0.335 e. The zero-order valence-electron chi connectivity index (χ0n) is 14.9. The molecule has 0 aliphatic carbocycles. The van der Waals surface area contributed by atoms with Crippen molar-refractivity contribution < 1.29 is 28.7 Å². The lowest BCUT2D eigenvalue weighted by molar-refractivity contribution is -0.143. The number of carbonyl (C=O) groups excluding carboxylic acids is 4. The summed E-state index contributed by atoms with van der Waals surface area (Å²) in [5.41, 5.74) is -0.331. The standard InChI is InChI=1S/C21H18O6/c1-26-17(22)13-16(21(25)27-2)18(19(23)14-9-5-3-6-10-14)20(24)15-11-7-4-8-12-15/h3-12H,13H2,1-2H3. The summed E-state index contributed by atoms with van der Waals surface area (Å²) in [6, 6.07) is 16.1. The van der Waals surface area contributed by atoms with E-state index in [1.807, 2.05) is 0 Å². The lowest BCUT2D eigenvalue weighted by Crippen LogP contribution is -2.22. The summed E-state index contributed by atoms with van der Waals surface area (Å²) in [6.07, 6.45) is -0.560. The summed E-state index contributed by atoms with van der Waals surface area (Å²) in [4.78, 5) is 50.2. The van der Waals surface area contributed by atoms with E-state index in [0.717, 1.165) is 14.2 Å². The van der Waals surface area contributed by atoms with Crippen molar-refractivity contribution in [1.82, 2.24) is 0 Å². The number of Topliss-reactive ketones (excluding diaryl/α,β-unsaturated/α-hetero) is 2. The summed E-state index contributed by atoms with van der Waals surface area (Å²) in [5.74, 6) is -3.05. The molecule has 0 aliphatic rings. The molecule has 0 atom stereocenters. The van der Waals surface area contributed by atoms with Gasteiger partial charge in [0, 0.05) is 11.1 Å². The second kappa shape index (κ2) is 9.24. The number of benzene rings is 2. The van der Waals surface area contributed by atoms with E-state index in [0.29, 0.717) is 0 Å². The van der Waals surface area contributed by atoms with Crippen LogP contribution in [-0.2, 0) is 19.1 Å². The first-order valence-electron chi connectivity index (χ1n) is 8.07. The SMILES string of the molecule is COC(=O)CC(C(=O)OC)=C(C(=O)c1ccccc1)C(=O)c1ccccc1.